The summed E-state index contributed by atoms with van der Waals surface area (Å²) in [5.74, 6) is -0.959. The topological polar surface area (TPSA) is 108 Å². The third-order valence-corrected chi connectivity index (χ3v) is 4.95. The van der Waals surface area contributed by atoms with Gasteiger partial charge in [0, 0.05) is 39.3 Å². The lowest BCUT2D eigenvalue weighted by Gasteiger charge is -2.33. The Balaban J connectivity index is 1.94. The molecule has 0 saturated carbocycles. The first kappa shape index (κ1) is 24.3. The maximum atomic E-state index is 12.6. The monoisotopic (exact) mass is 432 g/mol. The van der Waals surface area contributed by atoms with E-state index in [2.05, 4.69) is 10.6 Å². The highest BCUT2D eigenvalue weighted by Gasteiger charge is 2.33. The molecule has 31 heavy (non-hydrogen) atoms. The van der Waals surface area contributed by atoms with Crippen LogP contribution in [0.25, 0.3) is 0 Å². The predicted octanol–water partition coefficient (Wildman–Crippen LogP) is 0.790. The van der Waals surface area contributed by atoms with Crippen LogP contribution in [0.5, 0.6) is 0 Å². The van der Waals surface area contributed by atoms with Crippen molar-refractivity contribution in [2.45, 2.75) is 38.6 Å². The molecule has 2 N–H and O–H groups in total. The molecule has 3 amide bonds. The molecule has 9 nitrogen and oxygen atoms in total. The van der Waals surface area contributed by atoms with Gasteiger partial charge in [0.1, 0.15) is 6.04 Å². The van der Waals surface area contributed by atoms with Gasteiger partial charge in [0.2, 0.25) is 17.7 Å². The smallest absolute Gasteiger partial charge is 0.307 e. The summed E-state index contributed by atoms with van der Waals surface area (Å²) >= 11 is 0. The zero-order valence-electron chi connectivity index (χ0n) is 18.5. The summed E-state index contributed by atoms with van der Waals surface area (Å²) in [5.41, 5.74) is 1.57. The summed E-state index contributed by atoms with van der Waals surface area (Å²) in [5, 5.41) is 5.57. The molecule has 1 heterocycles. The Morgan fingerprint density at radius 1 is 1.29 bits per heavy atom. The Hall–Kier alpha value is -2.94. The van der Waals surface area contributed by atoms with Crippen LogP contribution in [0.15, 0.2) is 24.3 Å². The lowest BCUT2D eigenvalue weighted by Crippen LogP contribution is -2.57. The molecule has 0 bridgehead atoms. The van der Waals surface area contributed by atoms with Crippen molar-refractivity contribution in [3.63, 3.8) is 0 Å². The van der Waals surface area contributed by atoms with Crippen LogP contribution < -0.4 is 10.6 Å². The van der Waals surface area contributed by atoms with Crippen molar-refractivity contribution in [2.75, 3.05) is 45.7 Å². The van der Waals surface area contributed by atoms with Gasteiger partial charge in [-0.2, -0.15) is 0 Å². The molecular weight excluding hydrogens is 400 g/mol. The molecule has 2 rings (SSSR count). The van der Waals surface area contributed by atoms with Crippen LogP contribution in [0, 0.1) is 0 Å². The lowest BCUT2D eigenvalue weighted by molar-refractivity contribution is -0.148. The molecule has 0 radical (unpaired) electrons. The maximum absolute atomic E-state index is 12.6. The third kappa shape index (κ3) is 8.01. The highest BCUT2D eigenvalue weighted by atomic mass is 16.5. The Labute approximate surface area is 183 Å². The molecular formula is C22H32N4O5. The number of benzene rings is 1. The summed E-state index contributed by atoms with van der Waals surface area (Å²) < 4.78 is 5.09. The minimum atomic E-state index is -0.729. The number of carbonyl (C=O) groups excluding carboxylic acids is 4. The van der Waals surface area contributed by atoms with Crippen LogP contribution in [-0.2, 0) is 30.3 Å². The van der Waals surface area contributed by atoms with E-state index in [-0.39, 0.29) is 30.7 Å². The SMILES string of the molecule is CCCOC(=O)CC1C(=O)NCCN1CC(=O)Nc1cccc(CCC(=O)N(C)C)c1. The third-order valence-electron chi connectivity index (χ3n) is 4.95. The van der Waals surface area contributed by atoms with Gasteiger partial charge in [-0.25, -0.2) is 0 Å². The molecule has 1 unspecified atom stereocenters. The highest BCUT2D eigenvalue weighted by Crippen LogP contribution is 2.14. The molecule has 1 aliphatic heterocycles. The first-order chi connectivity index (χ1) is 14.8. The number of carbonyl (C=O) groups is 4. The first-order valence-corrected chi connectivity index (χ1v) is 10.6. The molecule has 1 saturated heterocycles. The van der Waals surface area contributed by atoms with Crippen molar-refractivity contribution in [1.29, 1.82) is 0 Å². The number of esters is 1. The van der Waals surface area contributed by atoms with Crippen molar-refractivity contribution >= 4 is 29.4 Å². The van der Waals surface area contributed by atoms with Gasteiger partial charge >= 0.3 is 5.97 Å². The Morgan fingerprint density at radius 3 is 2.77 bits per heavy atom. The number of aryl methyl sites for hydroxylation is 1. The van der Waals surface area contributed by atoms with Gasteiger partial charge in [0.05, 0.1) is 19.6 Å². The minimum absolute atomic E-state index is 0.0114. The molecule has 1 atom stereocenters. The minimum Gasteiger partial charge on any atom is -0.466 e. The van der Waals surface area contributed by atoms with Crippen molar-refractivity contribution in [1.82, 2.24) is 15.1 Å². The number of anilines is 1. The van der Waals surface area contributed by atoms with Gasteiger partial charge in [0.15, 0.2) is 0 Å². The van der Waals surface area contributed by atoms with Crippen LogP contribution in [0.2, 0.25) is 0 Å². The van der Waals surface area contributed by atoms with E-state index in [0.717, 1.165) is 5.56 Å². The van der Waals surface area contributed by atoms with Gasteiger partial charge in [0.25, 0.3) is 0 Å². The normalized spacial score (nSPS) is 16.4. The van der Waals surface area contributed by atoms with Crippen molar-refractivity contribution in [3.8, 4) is 0 Å². The van der Waals surface area contributed by atoms with E-state index in [4.69, 9.17) is 4.74 Å². The van der Waals surface area contributed by atoms with Crippen molar-refractivity contribution < 1.29 is 23.9 Å². The van der Waals surface area contributed by atoms with E-state index < -0.39 is 12.0 Å². The number of nitrogens with one attached hydrogen (secondary N) is 2. The van der Waals surface area contributed by atoms with Gasteiger partial charge in [-0.3, -0.25) is 24.1 Å². The van der Waals surface area contributed by atoms with Crippen molar-refractivity contribution in [2.24, 2.45) is 0 Å². The molecule has 0 aromatic heterocycles. The van der Waals surface area contributed by atoms with Gasteiger partial charge in [-0.15, -0.1) is 0 Å². The summed E-state index contributed by atoms with van der Waals surface area (Å²) in [4.78, 5) is 51.8. The number of rotatable bonds is 10. The van der Waals surface area contributed by atoms with E-state index in [1.165, 1.54) is 0 Å². The van der Waals surface area contributed by atoms with Gasteiger partial charge in [-0.1, -0.05) is 19.1 Å². The maximum Gasteiger partial charge on any atom is 0.307 e. The Kier molecular flexibility index (Phi) is 9.45. The fourth-order valence-electron chi connectivity index (χ4n) is 3.27. The first-order valence-electron chi connectivity index (χ1n) is 10.6. The molecule has 1 aromatic carbocycles. The lowest BCUT2D eigenvalue weighted by atomic mass is 10.1. The number of ether oxygens (including phenoxy) is 1. The molecule has 1 fully saturated rings. The second-order valence-electron chi connectivity index (χ2n) is 7.74. The fourth-order valence-corrected chi connectivity index (χ4v) is 3.27. The Morgan fingerprint density at radius 2 is 2.06 bits per heavy atom. The Bertz CT molecular complexity index is 796. The average Bonchev–Trinajstić information content (AvgIpc) is 2.73. The second-order valence-corrected chi connectivity index (χ2v) is 7.74. The molecule has 0 spiro atoms. The number of piperazine rings is 1. The van der Waals surface area contributed by atoms with E-state index in [9.17, 15) is 19.2 Å². The zero-order chi connectivity index (χ0) is 22.8. The molecule has 1 aliphatic rings. The highest BCUT2D eigenvalue weighted by molar-refractivity contribution is 5.93. The van der Waals surface area contributed by atoms with Gasteiger partial charge < -0.3 is 20.3 Å². The van der Waals surface area contributed by atoms with Gasteiger partial charge in [-0.05, 0) is 30.5 Å². The molecule has 0 aliphatic carbocycles. The number of nitrogens with zero attached hydrogens (tertiary/aromatic N) is 2. The largest absolute Gasteiger partial charge is 0.466 e. The number of hydrogen-bond acceptors (Lipinski definition) is 6. The van der Waals surface area contributed by atoms with E-state index >= 15 is 0 Å². The second kappa shape index (κ2) is 12.0. The summed E-state index contributed by atoms with van der Waals surface area (Å²) in [7, 11) is 3.44. The number of hydrogen-bond donors (Lipinski definition) is 2. The quantitative estimate of drug-likeness (QED) is 0.529. The van der Waals surface area contributed by atoms with Crippen LogP contribution in [0.4, 0.5) is 5.69 Å². The summed E-state index contributed by atoms with van der Waals surface area (Å²) in [6.07, 6.45) is 1.59. The van der Waals surface area contributed by atoms with E-state index in [1.54, 1.807) is 30.0 Å². The fraction of sp³-hybridized carbons (Fsp3) is 0.545. The van der Waals surface area contributed by atoms with Crippen molar-refractivity contribution in [3.05, 3.63) is 29.8 Å². The van der Waals surface area contributed by atoms with Crippen LogP contribution >= 0.6 is 0 Å². The van der Waals surface area contributed by atoms with E-state index in [1.807, 2.05) is 25.1 Å². The van der Waals surface area contributed by atoms with E-state index in [0.29, 0.717) is 44.6 Å². The summed E-state index contributed by atoms with van der Waals surface area (Å²) in [6.45, 7) is 3.08. The van der Waals surface area contributed by atoms with Crippen LogP contribution in [0.3, 0.4) is 0 Å². The summed E-state index contributed by atoms with van der Waals surface area (Å²) in [6, 6.07) is 6.62. The van der Waals surface area contributed by atoms with Crippen LogP contribution in [0.1, 0.15) is 31.7 Å². The average molecular weight is 433 g/mol. The zero-order valence-corrected chi connectivity index (χ0v) is 18.5. The molecule has 9 heteroatoms. The molecule has 1 aromatic rings. The standard InChI is InChI=1S/C22H32N4O5/c1-4-12-31-21(29)14-18-22(30)23-10-11-26(18)15-19(27)24-17-7-5-6-16(13-17)8-9-20(28)25(2)3/h5-7,13,18H,4,8-12,14-15H2,1-3H3,(H,23,30)(H,24,27). The molecule has 170 valence electrons. The predicted molar refractivity (Wildman–Crippen MR) is 116 cm³/mol. The van der Waals surface area contributed by atoms with Crippen LogP contribution in [-0.4, -0.2) is 79.9 Å². The number of amides is 3.